The van der Waals surface area contributed by atoms with Gasteiger partial charge in [-0.1, -0.05) is 13.8 Å². The number of aliphatic hydroxyl groups excluding tert-OH is 1. The van der Waals surface area contributed by atoms with E-state index in [0.29, 0.717) is 29.0 Å². The Morgan fingerprint density at radius 1 is 1.21 bits per heavy atom. The minimum absolute atomic E-state index is 0.0925. The van der Waals surface area contributed by atoms with Crippen molar-refractivity contribution in [2.45, 2.75) is 84.8 Å². The fourth-order valence-corrected chi connectivity index (χ4v) is 7.86. The lowest BCUT2D eigenvalue weighted by Gasteiger charge is -2.59. The van der Waals surface area contributed by atoms with E-state index in [-0.39, 0.29) is 11.5 Å². The highest BCUT2D eigenvalue weighted by atomic mass is 16.3. The summed E-state index contributed by atoms with van der Waals surface area (Å²) in [7, 11) is 0. The van der Waals surface area contributed by atoms with Crippen LogP contribution in [-0.2, 0) is 11.3 Å². The van der Waals surface area contributed by atoms with Gasteiger partial charge in [-0.05, 0) is 99.0 Å². The standard InChI is InChI=1S/C25H36N2O2/c1-4-27-15-16(14-26-27)11-17-12-22-20-6-5-18-13-19(28)7-9-24(18,2)21(20)8-10-25(22,3)23(17)29/h11,14-15,18-22,28H,4-10,12-13H2,1-3H3/b17-11+/t18-,19-,20-,21+,22+,24+,25+/m1/s1. The summed E-state index contributed by atoms with van der Waals surface area (Å²) in [6, 6.07) is 0. The lowest BCUT2D eigenvalue weighted by atomic mass is 9.45. The SMILES string of the molecule is CCn1cc(/C=C2\C[C@H]3[C@@H]4CC[C@@H]5C[C@H](O)CC[C@]5(C)[C@H]4CC[C@]3(C)C2=O)cn1. The van der Waals surface area contributed by atoms with Gasteiger partial charge in [-0.3, -0.25) is 9.48 Å². The van der Waals surface area contributed by atoms with Gasteiger partial charge in [-0.2, -0.15) is 5.10 Å². The molecule has 1 heterocycles. The molecule has 0 bridgehead atoms. The quantitative estimate of drug-likeness (QED) is 0.726. The van der Waals surface area contributed by atoms with E-state index in [0.717, 1.165) is 55.7 Å². The van der Waals surface area contributed by atoms with Gasteiger partial charge < -0.3 is 5.11 Å². The molecule has 0 unspecified atom stereocenters. The molecule has 0 radical (unpaired) electrons. The molecular weight excluding hydrogens is 360 g/mol. The van der Waals surface area contributed by atoms with Crippen LogP contribution in [0.4, 0.5) is 0 Å². The topological polar surface area (TPSA) is 55.1 Å². The maximum Gasteiger partial charge on any atom is 0.165 e. The number of rotatable bonds is 2. The van der Waals surface area contributed by atoms with Crippen molar-refractivity contribution in [3.05, 3.63) is 23.5 Å². The first-order valence-electron chi connectivity index (χ1n) is 11.8. The predicted molar refractivity (Wildman–Crippen MR) is 114 cm³/mol. The highest BCUT2D eigenvalue weighted by molar-refractivity contribution is 6.05. The van der Waals surface area contributed by atoms with Crippen LogP contribution in [0.5, 0.6) is 0 Å². The molecule has 4 saturated carbocycles. The Hall–Kier alpha value is -1.42. The molecule has 4 fully saturated rings. The summed E-state index contributed by atoms with van der Waals surface area (Å²) in [6.45, 7) is 7.71. The lowest BCUT2D eigenvalue weighted by molar-refractivity contribution is -0.141. The van der Waals surface area contributed by atoms with Gasteiger partial charge in [-0.25, -0.2) is 0 Å². The van der Waals surface area contributed by atoms with Gasteiger partial charge in [0.15, 0.2) is 5.78 Å². The molecule has 0 saturated heterocycles. The van der Waals surface area contributed by atoms with Gasteiger partial charge in [0.05, 0.1) is 12.3 Å². The first kappa shape index (κ1) is 19.5. The van der Waals surface area contributed by atoms with E-state index in [2.05, 4.69) is 31.9 Å². The van der Waals surface area contributed by atoms with Gasteiger partial charge in [0.1, 0.15) is 0 Å². The van der Waals surface area contributed by atoms with Crippen molar-refractivity contribution in [1.82, 2.24) is 9.78 Å². The van der Waals surface area contributed by atoms with Crippen molar-refractivity contribution in [2.24, 2.45) is 34.5 Å². The Balaban J connectivity index is 1.43. The molecule has 1 N–H and O–H groups in total. The fourth-order valence-electron chi connectivity index (χ4n) is 7.86. The molecule has 7 atom stereocenters. The zero-order valence-corrected chi connectivity index (χ0v) is 18.2. The molecule has 0 amide bonds. The Kier molecular flexibility index (Phi) is 4.58. The smallest absolute Gasteiger partial charge is 0.165 e. The summed E-state index contributed by atoms with van der Waals surface area (Å²) < 4.78 is 1.93. The number of aromatic nitrogens is 2. The average molecular weight is 397 g/mol. The molecule has 1 aromatic heterocycles. The molecule has 5 rings (SSSR count). The van der Waals surface area contributed by atoms with Crippen LogP contribution >= 0.6 is 0 Å². The molecule has 29 heavy (non-hydrogen) atoms. The summed E-state index contributed by atoms with van der Waals surface area (Å²) in [4.78, 5) is 13.5. The van der Waals surface area contributed by atoms with Crippen LogP contribution in [-0.4, -0.2) is 26.8 Å². The third kappa shape index (κ3) is 2.89. The number of carbonyl (C=O) groups is 1. The first-order valence-corrected chi connectivity index (χ1v) is 11.8. The predicted octanol–water partition coefficient (Wildman–Crippen LogP) is 4.87. The van der Waals surface area contributed by atoms with Crippen molar-refractivity contribution in [3.63, 3.8) is 0 Å². The summed E-state index contributed by atoms with van der Waals surface area (Å²) in [6.07, 6.45) is 14.7. The summed E-state index contributed by atoms with van der Waals surface area (Å²) in [5.41, 5.74) is 2.28. The van der Waals surface area contributed by atoms with Crippen LogP contribution in [0.25, 0.3) is 6.08 Å². The highest BCUT2D eigenvalue weighted by Gasteiger charge is 2.61. The number of hydrogen-bond donors (Lipinski definition) is 1. The van der Waals surface area contributed by atoms with Crippen LogP contribution < -0.4 is 0 Å². The normalized spacial score (nSPS) is 45.7. The number of allylic oxidation sites excluding steroid dienone is 1. The minimum Gasteiger partial charge on any atom is -0.393 e. The third-order valence-electron chi connectivity index (χ3n) is 9.60. The van der Waals surface area contributed by atoms with Crippen LogP contribution in [0.3, 0.4) is 0 Å². The van der Waals surface area contributed by atoms with E-state index < -0.39 is 0 Å². The third-order valence-corrected chi connectivity index (χ3v) is 9.60. The second-order valence-corrected chi connectivity index (χ2v) is 10.9. The van der Waals surface area contributed by atoms with Gasteiger partial charge in [-0.15, -0.1) is 0 Å². The van der Waals surface area contributed by atoms with Crippen LogP contribution in [0.2, 0.25) is 0 Å². The largest absolute Gasteiger partial charge is 0.393 e. The Morgan fingerprint density at radius 3 is 2.79 bits per heavy atom. The number of hydrogen-bond acceptors (Lipinski definition) is 3. The van der Waals surface area contributed by atoms with E-state index >= 15 is 0 Å². The Labute approximate surface area is 174 Å². The number of nitrogens with zero attached hydrogens (tertiary/aromatic N) is 2. The van der Waals surface area contributed by atoms with Crippen molar-refractivity contribution < 1.29 is 9.90 Å². The zero-order chi connectivity index (χ0) is 20.4. The lowest BCUT2D eigenvalue weighted by Crippen LogP contribution is -2.54. The van der Waals surface area contributed by atoms with Crippen molar-refractivity contribution in [3.8, 4) is 0 Å². The highest BCUT2D eigenvalue weighted by Crippen LogP contribution is 2.66. The fraction of sp³-hybridized carbons (Fsp3) is 0.760. The van der Waals surface area contributed by atoms with E-state index in [1.54, 1.807) is 0 Å². The zero-order valence-electron chi connectivity index (χ0n) is 18.2. The second kappa shape index (κ2) is 6.80. The van der Waals surface area contributed by atoms with Crippen LogP contribution in [0.15, 0.2) is 18.0 Å². The molecule has 0 aliphatic heterocycles. The number of ketones is 1. The van der Waals surface area contributed by atoms with Gasteiger partial charge >= 0.3 is 0 Å². The first-order chi connectivity index (χ1) is 13.8. The Bertz CT molecular complexity index is 842. The van der Waals surface area contributed by atoms with Gasteiger partial charge in [0.25, 0.3) is 0 Å². The van der Waals surface area contributed by atoms with Crippen LogP contribution in [0.1, 0.15) is 77.7 Å². The monoisotopic (exact) mass is 396 g/mol. The van der Waals surface area contributed by atoms with Crippen LogP contribution in [0, 0.1) is 34.5 Å². The molecule has 4 aliphatic rings. The minimum atomic E-state index is -0.175. The molecule has 0 aromatic carbocycles. The average Bonchev–Trinajstić information content (AvgIpc) is 3.26. The van der Waals surface area contributed by atoms with E-state index in [1.165, 1.54) is 19.3 Å². The molecule has 4 aliphatic carbocycles. The maximum absolute atomic E-state index is 13.5. The van der Waals surface area contributed by atoms with Gasteiger partial charge in [0.2, 0.25) is 0 Å². The summed E-state index contributed by atoms with van der Waals surface area (Å²) in [5.74, 6) is 2.95. The Morgan fingerprint density at radius 2 is 2.03 bits per heavy atom. The van der Waals surface area contributed by atoms with E-state index in [4.69, 9.17) is 0 Å². The van der Waals surface area contributed by atoms with E-state index in [1.807, 2.05) is 17.1 Å². The second-order valence-electron chi connectivity index (χ2n) is 10.9. The summed E-state index contributed by atoms with van der Waals surface area (Å²) in [5, 5.41) is 14.6. The maximum atomic E-state index is 13.5. The molecule has 1 aromatic rings. The molecule has 4 nitrogen and oxygen atoms in total. The van der Waals surface area contributed by atoms with E-state index in [9.17, 15) is 9.90 Å². The van der Waals surface area contributed by atoms with Crippen molar-refractivity contribution in [2.75, 3.05) is 0 Å². The van der Waals surface area contributed by atoms with Gasteiger partial charge in [0, 0.05) is 23.7 Å². The van der Waals surface area contributed by atoms with Crippen molar-refractivity contribution in [1.29, 1.82) is 0 Å². The number of aliphatic hydroxyl groups is 1. The molecule has 0 spiro atoms. The molecule has 4 heteroatoms. The number of fused-ring (bicyclic) bond motifs is 5. The summed E-state index contributed by atoms with van der Waals surface area (Å²) >= 11 is 0. The number of carbonyl (C=O) groups excluding carboxylic acids is 1. The number of aryl methyl sites for hydroxylation is 1. The molecule has 158 valence electrons. The number of Topliss-reactive ketones (excluding diaryl/α,β-unsaturated/α-hetero) is 1. The molecular formula is C25H36N2O2. The van der Waals surface area contributed by atoms with Crippen molar-refractivity contribution >= 4 is 11.9 Å².